The van der Waals surface area contributed by atoms with Gasteiger partial charge in [0.1, 0.15) is 5.82 Å². The Bertz CT molecular complexity index is 588. The van der Waals surface area contributed by atoms with Crippen LogP contribution in [0.2, 0.25) is 0 Å². The molecule has 21 heavy (non-hydrogen) atoms. The van der Waals surface area contributed by atoms with Crippen molar-refractivity contribution in [1.82, 2.24) is 5.32 Å². The largest absolute Gasteiger partial charge is 0.356 e. The molecule has 0 fully saturated rings. The van der Waals surface area contributed by atoms with Gasteiger partial charge >= 0.3 is 0 Å². The number of carbonyl (C=O) groups is 1. The summed E-state index contributed by atoms with van der Waals surface area (Å²) < 4.78 is 38.2. The third kappa shape index (κ3) is 5.71. The van der Waals surface area contributed by atoms with Crippen LogP contribution >= 0.6 is 0 Å². The van der Waals surface area contributed by atoms with Crippen LogP contribution in [0.5, 0.6) is 0 Å². The monoisotopic (exact) mass is 316 g/mol. The summed E-state index contributed by atoms with van der Waals surface area (Å²) in [6.45, 7) is 4.35. The number of benzene rings is 1. The number of carbonyl (C=O) groups excluding carboxylic acids is 1. The summed E-state index contributed by atoms with van der Waals surface area (Å²) >= 11 is 0. The quantitative estimate of drug-likeness (QED) is 0.833. The van der Waals surface area contributed by atoms with Crippen LogP contribution in [0.25, 0.3) is 0 Å². The van der Waals surface area contributed by atoms with Gasteiger partial charge in [-0.1, -0.05) is 26.0 Å². The molecule has 0 aliphatic heterocycles. The van der Waals surface area contributed by atoms with Gasteiger partial charge in [-0.3, -0.25) is 9.10 Å². The van der Waals surface area contributed by atoms with E-state index in [4.69, 9.17) is 0 Å². The van der Waals surface area contributed by atoms with E-state index in [0.717, 1.165) is 10.6 Å². The molecule has 0 spiro atoms. The molecule has 0 aliphatic rings. The molecule has 0 aromatic heterocycles. The van der Waals surface area contributed by atoms with Crippen LogP contribution in [0.1, 0.15) is 20.3 Å². The molecule has 5 nitrogen and oxygen atoms in total. The van der Waals surface area contributed by atoms with Gasteiger partial charge in [0.15, 0.2) is 0 Å². The highest BCUT2D eigenvalue weighted by Gasteiger charge is 2.21. The Kier molecular flexibility index (Phi) is 6.14. The van der Waals surface area contributed by atoms with Crippen LogP contribution in [0.4, 0.5) is 10.1 Å². The number of rotatable bonds is 7. The van der Waals surface area contributed by atoms with Crippen molar-refractivity contribution in [2.24, 2.45) is 5.92 Å². The van der Waals surface area contributed by atoms with Gasteiger partial charge in [0, 0.05) is 19.5 Å². The van der Waals surface area contributed by atoms with Crippen molar-refractivity contribution < 1.29 is 17.6 Å². The minimum absolute atomic E-state index is 0.0197. The van der Waals surface area contributed by atoms with E-state index in [-0.39, 0.29) is 24.6 Å². The van der Waals surface area contributed by atoms with E-state index in [1.54, 1.807) is 6.07 Å². The van der Waals surface area contributed by atoms with Crippen LogP contribution in [-0.4, -0.2) is 33.7 Å². The first-order chi connectivity index (χ1) is 9.71. The molecule has 1 N–H and O–H groups in total. The van der Waals surface area contributed by atoms with Crippen molar-refractivity contribution in [1.29, 1.82) is 0 Å². The highest BCUT2D eigenvalue weighted by molar-refractivity contribution is 7.92. The maximum atomic E-state index is 13.7. The van der Waals surface area contributed by atoms with E-state index in [1.807, 2.05) is 13.8 Å². The molecular formula is C14H21FN2O3S. The van der Waals surface area contributed by atoms with E-state index in [2.05, 4.69) is 5.32 Å². The van der Waals surface area contributed by atoms with Gasteiger partial charge in [0.2, 0.25) is 15.9 Å². The van der Waals surface area contributed by atoms with Gasteiger partial charge in [-0.15, -0.1) is 0 Å². The molecule has 1 aromatic carbocycles. The predicted molar refractivity (Wildman–Crippen MR) is 81.1 cm³/mol. The SMILES string of the molecule is CC(C)CNC(=O)CCN(c1ccccc1F)S(C)(=O)=O. The Labute approximate surface area is 125 Å². The third-order valence-corrected chi connectivity index (χ3v) is 3.95. The number of amides is 1. The van der Waals surface area contributed by atoms with E-state index < -0.39 is 15.8 Å². The van der Waals surface area contributed by atoms with Gasteiger partial charge in [-0.25, -0.2) is 12.8 Å². The normalized spacial score (nSPS) is 11.5. The second-order valence-electron chi connectivity index (χ2n) is 5.23. The van der Waals surface area contributed by atoms with Crippen LogP contribution < -0.4 is 9.62 Å². The molecule has 1 rings (SSSR count). The number of para-hydroxylation sites is 1. The van der Waals surface area contributed by atoms with Crippen LogP contribution in [0.15, 0.2) is 24.3 Å². The Balaban J connectivity index is 2.78. The Hall–Kier alpha value is -1.63. The molecule has 1 aromatic rings. The van der Waals surface area contributed by atoms with Gasteiger partial charge in [0.05, 0.1) is 11.9 Å². The number of halogens is 1. The fourth-order valence-electron chi connectivity index (χ4n) is 1.73. The van der Waals surface area contributed by atoms with Gasteiger partial charge in [0.25, 0.3) is 0 Å². The van der Waals surface area contributed by atoms with Gasteiger partial charge < -0.3 is 5.32 Å². The second kappa shape index (κ2) is 7.40. The summed E-state index contributed by atoms with van der Waals surface area (Å²) in [5.74, 6) is -0.578. The molecule has 0 unspecified atom stereocenters. The number of hydrogen-bond donors (Lipinski definition) is 1. The molecular weight excluding hydrogens is 295 g/mol. The van der Waals surface area contributed by atoms with Crippen molar-refractivity contribution in [3.8, 4) is 0 Å². The lowest BCUT2D eigenvalue weighted by Gasteiger charge is -2.22. The molecule has 0 radical (unpaired) electrons. The Morgan fingerprint density at radius 1 is 1.33 bits per heavy atom. The third-order valence-electron chi connectivity index (χ3n) is 2.77. The minimum Gasteiger partial charge on any atom is -0.356 e. The molecule has 1 amide bonds. The van der Waals surface area contributed by atoms with Crippen molar-refractivity contribution in [2.75, 3.05) is 23.7 Å². The average molecular weight is 316 g/mol. The Morgan fingerprint density at radius 2 is 1.95 bits per heavy atom. The number of sulfonamides is 1. The topological polar surface area (TPSA) is 66.5 Å². The highest BCUT2D eigenvalue weighted by atomic mass is 32.2. The zero-order valence-corrected chi connectivity index (χ0v) is 13.3. The van der Waals surface area contributed by atoms with E-state index in [0.29, 0.717) is 12.5 Å². The molecule has 7 heteroatoms. The van der Waals surface area contributed by atoms with Crippen LogP contribution in [-0.2, 0) is 14.8 Å². The maximum absolute atomic E-state index is 13.7. The molecule has 0 heterocycles. The Morgan fingerprint density at radius 3 is 2.48 bits per heavy atom. The van der Waals surface area contributed by atoms with Crippen molar-refractivity contribution in [3.05, 3.63) is 30.1 Å². The zero-order chi connectivity index (χ0) is 16.0. The van der Waals surface area contributed by atoms with E-state index in [1.165, 1.54) is 18.2 Å². The highest BCUT2D eigenvalue weighted by Crippen LogP contribution is 2.21. The summed E-state index contributed by atoms with van der Waals surface area (Å²) in [6.07, 6.45) is 0.972. The second-order valence-corrected chi connectivity index (χ2v) is 7.14. The first kappa shape index (κ1) is 17.4. The van der Waals surface area contributed by atoms with Crippen molar-refractivity contribution in [2.45, 2.75) is 20.3 Å². The fraction of sp³-hybridized carbons (Fsp3) is 0.500. The van der Waals surface area contributed by atoms with Crippen LogP contribution in [0, 0.1) is 11.7 Å². The smallest absolute Gasteiger partial charge is 0.232 e. The lowest BCUT2D eigenvalue weighted by molar-refractivity contribution is -0.121. The number of nitrogens with one attached hydrogen (secondary N) is 1. The summed E-state index contributed by atoms with van der Waals surface area (Å²) in [5, 5.41) is 2.70. The summed E-state index contributed by atoms with van der Waals surface area (Å²) in [4.78, 5) is 11.7. The van der Waals surface area contributed by atoms with Crippen molar-refractivity contribution in [3.63, 3.8) is 0 Å². The lowest BCUT2D eigenvalue weighted by atomic mass is 10.2. The maximum Gasteiger partial charge on any atom is 0.232 e. The lowest BCUT2D eigenvalue weighted by Crippen LogP contribution is -2.36. The standard InChI is InChI=1S/C14H21FN2O3S/c1-11(2)10-16-14(18)8-9-17(21(3,19)20)13-7-5-4-6-12(13)15/h4-7,11H,8-10H2,1-3H3,(H,16,18). The molecule has 0 saturated heterocycles. The molecule has 0 saturated carbocycles. The zero-order valence-electron chi connectivity index (χ0n) is 12.5. The number of anilines is 1. The average Bonchev–Trinajstić information content (AvgIpc) is 2.37. The van der Waals surface area contributed by atoms with Crippen molar-refractivity contribution >= 4 is 21.6 Å². The molecule has 0 bridgehead atoms. The van der Waals surface area contributed by atoms with Crippen LogP contribution in [0.3, 0.4) is 0 Å². The van der Waals surface area contributed by atoms with Gasteiger partial charge in [-0.05, 0) is 18.1 Å². The summed E-state index contributed by atoms with van der Waals surface area (Å²) in [7, 11) is -3.65. The molecule has 118 valence electrons. The van der Waals surface area contributed by atoms with E-state index in [9.17, 15) is 17.6 Å². The first-order valence-corrected chi connectivity index (χ1v) is 8.55. The number of hydrogen-bond acceptors (Lipinski definition) is 3. The fourth-order valence-corrected chi connectivity index (χ4v) is 2.66. The minimum atomic E-state index is -3.65. The summed E-state index contributed by atoms with van der Waals surface area (Å²) in [6, 6.07) is 5.60. The molecule has 0 atom stereocenters. The predicted octanol–water partition coefficient (Wildman–Crippen LogP) is 1.75. The van der Waals surface area contributed by atoms with Gasteiger partial charge in [-0.2, -0.15) is 0 Å². The first-order valence-electron chi connectivity index (χ1n) is 6.70. The van der Waals surface area contributed by atoms with E-state index >= 15 is 0 Å². The molecule has 0 aliphatic carbocycles. The summed E-state index contributed by atoms with van der Waals surface area (Å²) in [5.41, 5.74) is -0.0448. The number of nitrogens with zero attached hydrogens (tertiary/aromatic N) is 1.